The average Bonchev–Trinajstić information content (AvgIpc) is 3.12. The third-order valence-electron chi connectivity index (χ3n) is 3.77. The van der Waals surface area contributed by atoms with Gasteiger partial charge in [0.2, 0.25) is 0 Å². The van der Waals surface area contributed by atoms with Gasteiger partial charge in [-0.05, 0) is 33.1 Å². The lowest BCUT2D eigenvalue weighted by molar-refractivity contribution is -0.143. The molecule has 0 spiro atoms. The highest BCUT2D eigenvalue weighted by Gasteiger charge is 2.50. The second kappa shape index (κ2) is 6.78. The van der Waals surface area contributed by atoms with E-state index in [-0.39, 0.29) is 18.6 Å². The number of urea groups is 1. The van der Waals surface area contributed by atoms with Crippen molar-refractivity contribution in [2.75, 3.05) is 13.1 Å². The summed E-state index contributed by atoms with van der Waals surface area (Å²) in [6.07, 6.45) is 4.55. The third kappa shape index (κ3) is 4.40. The maximum absolute atomic E-state index is 12.1. The molecule has 0 unspecified atom stereocenters. The van der Waals surface area contributed by atoms with Gasteiger partial charge in [-0.15, -0.1) is 0 Å². The van der Waals surface area contributed by atoms with Crippen LogP contribution in [0.1, 0.15) is 52.9 Å². The van der Waals surface area contributed by atoms with Crippen molar-refractivity contribution in [2.24, 2.45) is 5.41 Å². The van der Waals surface area contributed by atoms with Gasteiger partial charge in [0.15, 0.2) is 0 Å². The molecule has 1 rings (SSSR count). The standard InChI is InChI=1S/C14H26N2O3/c1-4-5-6-9-16(11(2)3)13(19)15-10-14(7-8-14)12(17)18/h11H,4-10H2,1-3H3,(H,15,19)(H,17,18). The van der Waals surface area contributed by atoms with Crippen LogP contribution < -0.4 is 5.32 Å². The first-order chi connectivity index (χ1) is 8.93. The van der Waals surface area contributed by atoms with Crippen LogP contribution in [0.25, 0.3) is 0 Å². The van der Waals surface area contributed by atoms with Crippen LogP contribution in [0.15, 0.2) is 0 Å². The van der Waals surface area contributed by atoms with Crippen LogP contribution in [-0.2, 0) is 4.79 Å². The van der Waals surface area contributed by atoms with Gasteiger partial charge in [0.05, 0.1) is 5.41 Å². The van der Waals surface area contributed by atoms with Crippen molar-refractivity contribution in [1.82, 2.24) is 10.2 Å². The Labute approximate surface area is 115 Å². The van der Waals surface area contributed by atoms with Crippen LogP contribution in [0.2, 0.25) is 0 Å². The van der Waals surface area contributed by atoms with Gasteiger partial charge in [-0.3, -0.25) is 4.79 Å². The number of carboxylic acids is 1. The molecule has 19 heavy (non-hydrogen) atoms. The molecule has 0 aromatic rings. The quantitative estimate of drug-likeness (QED) is 0.666. The number of amides is 2. The number of hydrogen-bond acceptors (Lipinski definition) is 2. The molecule has 0 aromatic heterocycles. The van der Waals surface area contributed by atoms with Gasteiger partial charge in [0, 0.05) is 19.1 Å². The summed E-state index contributed by atoms with van der Waals surface area (Å²) < 4.78 is 0. The summed E-state index contributed by atoms with van der Waals surface area (Å²) in [6.45, 7) is 7.07. The Bertz CT molecular complexity index is 325. The number of carbonyl (C=O) groups excluding carboxylic acids is 1. The summed E-state index contributed by atoms with van der Waals surface area (Å²) in [5, 5.41) is 11.9. The number of hydrogen-bond donors (Lipinski definition) is 2. The Morgan fingerprint density at radius 2 is 1.95 bits per heavy atom. The van der Waals surface area contributed by atoms with Crippen LogP contribution >= 0.6 is 0 Å². The van der Waals surface area contributed by atoms with Crippen LogP contribution in [0, 0.1) is 5.41 Å². The van der Waals surface area contributed by atoms with E-state index in [1.807, 2.05) is 13.8 Å². The molecule has 5 heteroatoms. The predicted molar refractivity (Wildman–Crippen MR) is 74.1 cm³/mol. The molecule has 0 bridgehead atoms. The fourth-order valence-electron chi connectivity index (χ4n) is 2.09. The fourth-order valence-corrected chi connectivity index (χ4v) is 2.09. The molecule has 1 saturated carbocycles. The molecular formula is C14H26N2O3. The molecule has 2 amide bonds. The predicted octanol–water partition coefficient (Wildman–Crippen LogP) is 2.46. The lowest BCUT2D eigenvalue weighted by atomic mass is 10.1. The van der Waals surface area contributed by atoms with Gasteiger partial charge in [0.1, 0.15) is 0 Å². The van der Waals surface area contributed by atoms with E-state index in [2.05, 4.69) is 12.2 Å². The Balaban J connectivity index is 2.42. The molecule has 1 aliphatic rings. The molecule has 0 heterocycles. The van der Waals surface area contributed by atoms with Crippen molar-refractivity contribution in [3.05, 3.63) is 0 Å². The molecular weight excluding hydrogens is 244 g/mol. The van der Waals surface area contributed by atoms with E-state index in [4.69, 9.17) is 5.11 Å². The highest BCUT2D eigenvalue weighted by Crippen LogP contribution is 2.45. The first-order valence-corrected chi connectivity index (χ1v) is 7.21. The fraction of sp³-hybridized carbons (Fsp3) is 0.857. The average molecular weight is 270 g/mol. The van der Waals surface area contributed by atoms with Crippen molar-refractivity contribution in [2.45, 2.75) is 58.9 Å². The van der Waals surface area contributed by atoms with E-state index >= 15 is 0 Å². The smallest absolute Gasteiger partial charge is 0.317 e. The zero-order valence-electron chi connectivity index (χ0n) is 12.2. The minimum atomic E-state index is -0.796. The second-order valence-electron chi connectivity index (χ2n) is 5.74. The summed E-state index contributed by atoms with van der Waals surface area (Å²) >= 11 is 0. The first kappa shape index (κ1) is 15.8. The van der Waals surface area contributed by atoms with Crippen molar-refractivity contribution < 1.29 is 14.7 Å². The molecule has 1 fully saturated rings. The van der Waals surface area contributed by atoms with E-state index in [9.17, 15) is 9.59 Å². The van der Waals surface area contributed by atoms with Crippen LogP contribution in [0.4, 0.5) is 4.79 Å². The van der Waals surface area contributed by atoms with Gasteiger partial charge in [0.25, 0.3) is 0 Å². The summed E-state index contributed by atoms with van der Waals surface area (Å²) in [5.74, 6) is -0.796. The minimum Gasteiger partial charge on any atom is -0.481 e. The molecule has 0 atom stereocenters. The van der Waals surface area contributed by atoms with Gasteiger partial charge < -0.3 is 15.3 Å². The van der Waals surface area contributed by atoms with E-state index in [1.54, 1.807) is 4.90 Å². The number of carboxylic acid groups (broad SMARTS) is 1. The van der Waals surface area contributed by atoms with E-state index < -0.39 is 11.4 Å². The second-order valence-corrected chi connectivity index (χ2v) is 5.74. The Morgan fingerprint density at radius 3 is 2.37 bits per heavy atom. The third-order valence-corrected chi connectivity index (χ3v) is 3.77. The molecule has 0 aromatic carbocycles. The molecule has 0 radical (unpaired) electrons. The van der Waals surface area contributed by atoms with Gasteiger partial charge >= 0.3 is 12.0 Å². The molecule has 110 valence electrons. The van der Waals surface area contributed by atoms with Crippen LogP contribution in [0.3, 0.4) is 0 Å². The SMILES string of the molecule is CCCCCN(C(=O)NCC1(C(=O)O)CC1)C(C)C. The number of unbranched alkanes of at least 4 members (excludes halogenated alkanes) is 2. The highest BCUT2D eigenvalue weighted by atomic mass is 16.4. The van der Waals surface area contributed by atoms with Crippen molar-refractivity contribution in [3.63, 3.8) is 0 Å². The maximum Gasteiger partial charge on any atom is 0.317 e. The first-order valence-electron chi connectivity index (χ1n) is 7.21. The molecule has 5 nitrogen and oxygen atoms in total. The summed E-state index contributed by atoms with van der Waals surface area (Å²) in [6, 6.07) is -0.00420. The Morgan fingerprint density at radius 1 is 1.32 bits per heavy atom. The summed E-state index contributed by atoms with van der Waals surface area (Å²) in [5.41, 5.74) is -0.693. The van der Waals surface area contributed by atoms with Gasteiger partial charge in [-0.2, -0.15) is 0 Å². The summed E-state index contributed by atoms with van der Waals surface area (Å²) in [7, 11) is 0. The number of nitrogens with one attached hydrogen (secondary N) is 1. The van der Waals surface area contributed by atoms with E-state index in [1.165, 1.54) is 0 Å². The number of carbonyl (C=O) groups is 2. The molecule has 0 saturated heterocycles. The van der Waals surface area contributed by atoms with E-state index in [0.29, 0.717) is 12.8 Å². The largest absolute Gasteiger partial charge is 0.481 e. The summed E-state index contributed by atoms with van der Waals surface area (Å²) in [4.78, 5) is 24.9. The monoisotopic (exact) mass is 270 g/mol. The zero-order chi connectivity index (χ0) is 14.5. The lowest BCUT2D eigenvalue weighted by Gasteiger charge is -2.27. The zero-order valence-corrected chi connectivity index (χ0v) is 12.2. The van der Waals surface area contributed by atoms with Crippen molar-refractivity contribution in [3.8, 4) is 0 Å². The van der Waals surface area contributed by atoms with Crippen LogP contribution in [-0.4, -0.2) is 41.1 Å². The van der Waals surface area contributed by atoms with E-state index in [0.717, 1.165) is 25.8 Å². The number of aliphatic carboxylic acids is 1. The van der Waals surface area contributed by atoms with Crippen molar-refractivity contribution in [1.29, 1.82) is 0 Å². The number of nitrogens with zero attached hydrogens (tertiary/aromatic N) is 1. The molecule has 2 N–H and O–H groups in total. The van der Waals surface area contributed by atoms with Gasteiger partial charge in [-0.1, -0.05) is 19.8 Å². The van der Waals surface area contributed by atoms with Crippen molar-refractivity contribution >= 4 is 12.0 Å². The number of rotatable bonds is 8. The lowest BCUT2D eigenvalue weighted by Crippen LogP contribution is -2.46. The normalized spacial score (nSPS) is 16.2. The highest BCUT2D eigenvalue weighted by molar-refractivity contribution is 5.80. The molecule has 0 aliphatic heterocycles. The Hall–Kier alpha value is -1.26. The van der Waals surface area contributed by atoms with Crippen LogP contribution in [0.5, 0.6) is 0 Å². The minimum absolute atomic E-state index is 0.136. The maximum atomic E-state index is 12.1. The van der Waals surface area contributed by atoms with Gasteiger partial charge in [-0.25, -0.2) is 4.79 Å². The Kier molecular flexibility index (Phi) is 5.63. The topological polar surface area (TPSA) is 69.6 Å². The molecule has 1 aliphatic carbocycles.